The van der Waals surface area contributed by atoms with Gasteiger partial charge in [-0.2, -0.15) is 25.3 Å². The summed E-state index contributed by atoms with van der Waals surface area (Å²) in [6, 6.07) is -6.23. The molecule has 0 radical (unpaired) electrons. The van der Waals surface area contributed by atoms with E-state index in [9.17, 15) is 43.2 Å². The van der Waals surface area contributed by atoms with Crippen LogP contribution in [-0.2, 0) is 57.5 Å². The number of ketones is 4. The highest BCUT2D eigenvalue weighted by Crippen LogP contribution is 2.23. The SMILES string of the molecule is C[C@H](CCCN=C(N)N)C(=O)N[C@H](CCCN=C(N)N)C(=O)C[C@H](CCCN=C(N)N)C(=O)N[C@H](CCCN=C(N)N)C(=O)C[C@H](CCCN=C(N)N)C(=O)N[C@H](CCCN=C(N)N)C(=O)C[C@H](CCCN=C(N)N)C(=O)N[C@H](CCCN=C(N)N)C(=O)C[C@H](CS)C(=O)NCCOCC(=O)N[C@H](CS)C(N)=O. The van der Waals surface area contributed by atoms with E-state index in [0.717, 1.165) is 0 Å². The number of thiol groups is 2. The Balaban J connectivity index is 7.66. The first-order chi connectivity index (χ1) is 51.0. The number of aliphatic imine (C=N–C) groups is 8. The van der Waals surface area contributed by atoms with E-state index in [4.69, 9.17) is 102 Å². The number of hydrogen-bond donors (Lipinski definition) is 25. The number of carbonyl (C=O) groups is 11. The lowest BCUT2D eigenvalue weighted by molar-refractivity contribution is -0.136. The number of primary amides is 1. The lowest BCUT2D eigenvalue weighted by Crippen LogP contribution is -2.49. The minimum Gasteiger partial charge on any atom is -0.370 e. The van der Waals surface area contributed by atoms with Crippen molar-refractivity contribution in [3.05, 3.63) is 0 Å². The number of carbonyl (C=O) groups excluding carboxylic acids is 11. The molecule has 0 spiro atoms. The van der Waals surface area contributed by atoms with Gasteiger partial charge in [0.25, 0.3) is 0 Å². The molecule has 7 amide bonds. The molecule has 10 atom stereocenters. The molecule has 0 aromatic rings. The zero-order chi connectivity index (χ0) is 81.7. The molecule has 0 aliphatic rings. The Bertz CT molecular complexity index is 3090. The van der Waals surface area contributed by atoms with Gasteiger partial charge in [-0.25, -0.2) is 0 Å². The normalized spacial score (nSPS) is 13.6. The minimum absolute atomic E-state index is 0.000446. The van der Waals surface area contributed by atoms with Crippen molar-refractivity contribution in [2.75, 3.05) is 83.6 Å². The highest BCUT2D eigenvalue weighted by Gasteiger charge is 2.36. The molecule has 43 nitrogen and oxygen atoms in total. The molecule has 612 valence electrons. The van der Waals surface area contributed by atoms with E-state index in [1.54, 1.807) is 6.92 Å². The quantitative estimate of drug-likeness (QED) is 0.0116. The Morgan fingerprint density at radius 1 is 0.315 bits per heavy atom. The fourth-order valence-electron chi connectivity index (χ4n) is 10.6. The predicted molar refractivity (Wildman–Crippen MR) is 421 cm³/mol. The summed E-state index contributed by atoms with van der Waals surface area (Å²) in [6.07, 6.45) is -0.639. The van der Waals surface area contributed by atoms with Crippen molar-refractivity contribution in [2.24, 2.45) is 167 Å². The van der Waals surface area contributed by atoms with Gasteiger partial charge in [-0.05, 0) is 103 Å². The van der Waals surface area contributed by atoms with Crippen LogP contribution >= 0.6 is 25.3 Å². The summed E-state index contributed by atoms with van der Waals surface area (Å²) in [6.45, 7) is 1.30. The molecular weight excluding hydrogens is 1450 g/mol. The molecule has 0 saturated carbocycles. The van der Waals surface area contributed by atoms with Crippen molar-refractivity contribution in [2.45, 2.75) is 166 Å². The summed E-state index contributed by atoms with van der Waals surface area (Å²) in [5.41, 5.74) is 94.8. The molecule has 45 heteroatoms. The number of ether oxygens (including phenoxy) is 1. The molecule has 0 unspecified atom stereocenters. The number of rotatable bonds is 62. The molecule has 108 heavy (non-hydrogen) atoms. The monoisotopic (exact) mass is 1570 g/mol. The average molecular weight is 1570 g/mol. The van der Waals surface area contributed by atoms with E-state index in [1.807, 2.05) is 0 Å². The summed E-state index contributed by atoms with van der Waals surface area (Å²) in [7, 11) is 0. The zero-order valence-corrected chi connectivity index (χ0v) is 63.6. The maximum atomic E-state index is 15.0. The summed E-state index contributed by atoms with van der Waals surface area (Å²) in [4.78, 5) is 186. The zero-order valence-electron chi connectivity index (χ0n) is 61.8. The molecule has 0 heterocycles. The highest BCUT2D eigenvalue weighted by molar-refractivity contribution is 7.80. The molecule has 0 fully saturated rings. The number of nitrogens with zero attached hydrogens (tertiary/aromatic N) is 8. The maximum Gasteiger partial charge on any atom is 0.246 e. The van der Waals surface area contributed by atoms with Crippen molar-refractivity contribution in [1.82, 2.24) is 31.9 Å². The Labute approximate surface area is 640 Å². The van der Waals surface area contributed by atoms with Crippen LogP contribution in [0.3, 0.4) is 0 Å². The molecule has 0 saturated heterocycles. The van der Waals surface area contributed by atoms with Gasteiger partial charge in [0.2, 0.25) is 41.4 Å². The molecule has 0 aliphatic carbocycles. The number of nitrogens with one attached hydrogen (secondary N) is 6. The smallest absolute Gasteiger partial charge is 0.246 e. The van der Waals surface area contributed by atoms with E-state index in [-0.39, 0.29) is 215 Å². The van der Waals surface area contributed by atoms with Crippen LogP contribution in [0, 0.1) is 29.6 Å². The first-order valence-electron chi connectivity index (χ1n) is 35.4. The van der Waals surface area contributed by atoms with E-state index < -0.39 is 157 Å². The average Bonchev–Trinajstić information content (AvgIpc) is 0.860. The molecule has 0 rings (SSSR count). The van der Waals surface area contributed by atoms with Crippen LogP contribution in [0.4, 0.5) is 0 Å². The first kappa shape index (κ1) is 97.8. The van der Waals surface area contributed by atoms with Crippen LogP contribution in [0.5, 0.6) is 0 Å². The Hall–Kier alpha value is -10.2. The second-order valence-electron chi connectivity index (χ2n) is 25.4. The third-order valence-electron chi connectivity index (χ3n) is 16.3. The van der Waals surface area contributed by atoms with Gasteiger partial charge in [-0.1, -0.05) is 6.92 Å². The number of hydrogen-bond acceptors (Lipinski definition) is 22. The van der Waals surface area contributed by atoms with Crippen molar-refractivity contribution in [1.29, 1.82) is 0 Å². The van der Waals surface area contributed by atoms with Gasteiger partial charge in [0.15, 0.2) is 70.8 Å². The van der Waals surface area contributed by atoms with Crippen LogP contribution in [0.25, 0.3) is 0 Å². The first-order valence-corrected chi connectivity index (χ1v) is 36.7. The third-order valence-corrected chi connectivity index (χ3v) is 17.1. The van der Waals surface area contributed by atoms with Crippen LogP contribution in [0.15, 0.2) is 39.9 Å². The number of guanidine groups is 8. The number of amides is 7. The standard InChI is InChI=1S/C63H121N31O12S2/c1-35(10-2-18-82-56(65)66)51(101)91-40(14-6-22-86-60(73)74)45(95)28-36(11-3-19-83-57(67)68)53(103)92-41(15-7-23-87-61(75)76)46(96)29-37(12-4-20-84-58(69)70)54(104)93-42(16-8-24-88-62(77)78)47(97)30-38(13-5-21-85-59(71)72)55(105)94-43(17-9-25-89-63(79)80)48(98)31-39(33-107)52(102)81-26-27-106-32-49(99)90-44(34-108)50(64)100/h35-44,107-108H,2-34H2,1H3,(H2,64,100)(H,81,102)(H,90,99)(H,91,101)(H,92,103)(H,93,104)(H,94,105)(H4,65,66,82)(H4,67,68,83)(H4,69,70,84)(H4,71,72,85)(H4,73,74,86)(H4,75,76,87)(H4,77,78,88)(H4,79,80,89)/t35-,36+,37+,38+,39-,40-,41-,42-,43-,44-/m1/s1. The van der Waals surface area contributed by atoms with E-state index >= 15 is 9.59 Å². The molecular formula is C63H121N31O12S2. The van der Waals surface area contributed by atoms with E-state index in [1.165, 1.54) is 0 Å². The van der Waals surface area contributed by atoms with Crippen molar-refractivity contribution >= 4 is 137 Å². The lowest BCUT2D eigenvalue weighted by atomic mass is 9.88. The van der Waals surface area contributed by atoms with Gasteiger partial charge >= 0.3 is 0 Å². The summed E-state index contributed by atoms with van der Waals surface area (Å²) in [5, 5.41) is 16.2. The predicted octanol–water partition coefficient (Wildman–Crippen LogP) is -8.75. The van der Waals surface area contributed by atoms with Crippen LogP contribution in [-0.4, -0.2) is 226 Å². The van der Waals surface area contributed by atoms with Crippen LogP contribution in [0.1, 0.15) is 135 Å². The Morgan fingerprint density at radius 2 is 0.574 bits per heavy atom. The van der Waals surface area contributed by atoms with Crippen molar-refractivity contribution < 1.29 is 57.5 Å². The summed E-state index contributed by atoms with van der Waals surface area (Å²) in [5.74, 6) is -14.8. The summed E-state index contributed by atoms with van der Waals surface area (Å²) < 4.78 is 5.32. The Kier molecular flexibility index (Phi) is 51.6. The van der Waals surface area contributed by atoms with E-state index in [0.29, 0.717) is 12.8 Å². The van der Waals surface area contributed by atoms with Gasteiger partial charge in [0, 0.05) is 120 Å². The molecule has 0 aliphatic heterocycles. The van der Waals surface area contributed by atoms with Crippen molar-refractivity contribution in [3.63, 3.8) is 0 Å². The van der Waals surface area contributed by atoms with Gasteiger partial charge in [-0.3, -0.25) is 92.7 Å². The molecule has 40 N–H and O–H groups in total. The molecule has 0 aromatic carbocycles. The van der Waals surface area contributed by atoms with Crippen LogP contribution in [0.2, 0.25) is 0 Å². The van der Waals surface area contributed by atoms with Crippen LogP contribution < -0.4 is 129 Å². The van der Waals surface area contributed by atoms with Crippen molar-refractivity contribution in [3.8, 4) is 0 Å². The van der Waals surface area contributed by atoms with E-state index in [2.05, 4.69) is 97.1 Å². The number of nitrogens with two attached hydrogens (primary N) is 17. The largest absolute Gasteiger partial charge is 0.370 e. The van der Waals surface area contributed by atoms with Gasteiger partial charge in [-0.15, -0.1) is 0 Å². The maximum absolute atomic E-state index is 15.0. The van der Waals surface area contributed by atoms with Gasteiger partial charge in [0.05, 0.1) is 36.7 Å². The third kappa shape index (κ3) is 48.1. The Morgan fingerprint density at radius 3 is 0.833 bits per heavy atom. The second kappa shape index (κ2) is 57.0. The minimum atomic E-state index is -1.40. The fraction of sp³-hybridized carbons (Fsp3) is 0.698. The number of Topliss-reactive ketones (excluding diaryl/α,β-unsaturated/α-hetero) is 4. The highest BCUT2D eigenvalue weighted by atomic mass is 32.1. The lowest BCUT2D eigenvalue weighted by Gasteiger charge is -2.27. The van der Waals surface area contributed by atoms with Gasteiger partial charge < -0.3 is 134 Å². The summed E-state index contributed by atoms with van der Waals surface area (Å²) >= 11 is 8.31. The topological polar surface area (TPSA) is 810 Å². The molecule has 0 bridgehead atoms. The van der Waals surface area contributed by atoms with Gasteiger partial charge in [0.1, 0.15) is 12.6 Å². The fourth-order valence-corrected chi connectivity index (χ4v) is 11.1. The second-order valence-corrected chi connectivity index (χ2v) is 26.2. The molecule has 0 aromatic heterocycles.